The van der Waals surface area contributed by atoms with Crippen molar-refractivity contribution in [1.82, 2.24) is 10.2 Å². The molecule has 2 heterocycles. The van der Waals surface area contributed by atoms with Gasteiger partial charge < -0.3 is 24.4 Å². The number of benzene rings is 1. The summed E-state index contributed by atoms with van der Waals surface area (Å²) in [6.45, 7) is 2.97. The van der Waals surface area contributed by atoms with Gasteiger partial charge in [0.2, 0.25) is 5.91 Å². The van der Waals surface area contributed by atoms with E-state index >= 15 is 0 Å². The summed E-state index contributed by atoms with van der Waals surface area (Å²) in [7, 11) is 1.69. The zero-order valence-corrected chi connectivity index (χ0v) is 20.3. The van der Waals surface area contributed by atoms with Gasteiger partial charge in [-0.15, -0.1) is 0 Å². The van der Waals surface area contributed by atoms with Crippen LogP contribution < -0.4 is 10.1 Å². The molecule has 4 aliphatic rings. The molecule has 6 atom stereocenters. The lowest BCUT2D eigenvalue weighted by molar-refractivity contribution is -0.135. The summed E-state index contributed by atoms with van der Waals surface area (Å²) in [5, 5.41) is 3.44. The molecular weight excluding hydrogens is 447 g/mol. The van der Waals surface area contributed by atoms with E-state index in [1.54, 1.807) is 19.2 Å². The number of ether oxygens (including phenoxy) is 3. The number of halogens is 1. The van der Waals surface area contributed by atoms with E-state index in [1.807, 2.05) is 12.2 Å². The summed E-state index contributed by atoms with van der Waals surface area (Å²) in [4.78, 5) is 15.9. The number of fused-ring (bicyclic) bond motifs is 3. The Labute approximate surface area is 206 Å². The molecule has 2 aliphatic carbocycles. The molecule has 1 amide bonds. The fraction of sp³-hybridized carbons (Fsp3) is 0.536. The number of piperidine rings is 1. The third-order valence-electron chi connectivity index (χ3n) is 7.85. The second-order valence-electron chi connectivity index (χ2n) is 9.93. The first kappa shape index (κ1) is 24.2. The first-order chi connectivity index (χ1) is 17.1. The van der Waals surface area contributed by atoms with Crippen molar-refractivity contribution in [1.29, 1.82) is 0 Å². The molecule has 7 heteroatoms. The highest BCUT2D eigenvalue weighted by atomic mass is 19.1. The predicted octanol–water partition coefficient (Wildman–Crippen LogP) is 3.65. The van der Waals surface area contributed by atoms with Gasteiger partial charge in [0.25, 0.3) is 0 Å². The van der Waals surface area contributed by atoms with E-state index in [1.165, 1.54) is 12.1 Å². The van der Waals surface area contributed by atoms with Crippen molar-refractivity contribution in [3.63, 3.8) is 0 Å². The van der Waals surface area contributed by atoms with Crippen LogP contribution in [0.3, 0.4) is 0 Å². The van der Waals surface area contributed by atoms with Crippen LogP contribution in [-0.4, -0.2) is 68.0 Å². The molecule has 0 aromatic heterocycles. The molecule has 0 bridgehead atoms. The number of allylic oxidation sites excluding steroid dienone is 3. The normalized spacial score (nSPS) is 33.8. The Bertz CT molecular complexity index is 978. The highest BCUT2D eigenvalue weighted by Crippen LogP contribution is 2.45. The Balaban J connectivity index is 1.15. The molecular formula is C28H35FN2O4. The van der Waals surface area contributed by atoms with Gasteiger partial charge in [0.15, 0.2) is 0 Å². The van der Waals surface area contributed by atoms with Crippen molar-refractivity contribution in [3.8, 4) is 5.75 Å². The van der Waals surface area contributed by atoms with E-state index in [0.717, 1.165) is 38.8 Å². The number of methoxy groups -OCH3 is 1. The van der Waals surface area contributed by atoms with Crippen LogP contribution >= 0.6 is 0 Å². The zero-order valence-electron chi connectivity index (χ0n) is 20.3. The van der Waals surface area contributed by atoms with E-state index in [2.05, 4.69) is 34.5 Å². The molecule has 1 aromatic rings. The van der Waals surface area contributed by atoms with Gasteiger partial charge in [-0.3, -0.25) is 4.79 Å². The lowest BCUT2D eigenvalue weighted by Crippen LogP contribution is -2.61. The molecule has 0 radical (unpaired) electrons. The minimum absolute atomic E-state index is 0.0404. The van der Waals surface area contributed by atoms with Crippen molar-refractivity contribution in [2.45, 2.75) is 49.5 Å². The van der Waals surface area contributed by atoms with Gasteiger partial charge in [-0.1, -0.05) is 36.5 Å². The quantitative estimate of drug-likeness (QED) is 0.453. The maximum atomic E-state index is 13.6. The molecule has 2 aliphatic heterocycles. The second-order valence-corrected chi connectivity index (χ2v) is 9.93. The number of nitrogens with one attached hydrogen (secondary N) is 1. The predicted molar refractivity (Wildman–Crippen MR) is 132 cm³/mol. The van der Waals surface area contributed by atoms with E-state index in [-0.39, 0.29) is 41.9 Å². The van der Waals surface area contributed by atoms with Crippen LogP contribution in [0.2, 0.25) is 0 Å². The minimum Gasteiger partial charge on any atom is -0.494 e. The van der Waals surface area contributed by atoms with Crippen molar-refractivity contribution in [2.75, 3.05) is 33.4 Å². The second kappa shape index (κ2) is 10.6. The summed E-state index contributed by atoms with van der Waals surface area (Å²) in [5.41, 5.74) is -0.492. The molecule has 6 unspecified atom stereocenters. The molecule has 6 nitrogen and oxygen atoms in total. The highest BCUT2D eigenvalue weighted by molar-refractivity contribution is 5.81. The van der Waals surface area contributed by atoms with Crippen LogP contribution in [0.1, 0.15) is 25.7 Å². The average molecular weight is 483 g/mol. The summed E-state index contributed by atoms with van der Waals surface area (Å²) in [5.74, 6) is 0.508. The molecule has 188 valence electrons. The first-order valence-electron chi connectivity index (χ1n) is 12.7. The number of rotatable bonds is 8. The number of carbonyl (C=O) groups excluding carboxylic acids is 1. The van der Waals surface area contributed by atoms with Crippen molar-refractivity contribution in [3.05, 3.63) is 66.5 Å². The number of nitrogens with zero attached hydrogens (tertiary/aromatic N) is 1. The standard InChI is InChI=1S/C28H35FN2O4/c1-33-25-19-31(16-6-18-34-21-12-10-20(29)11-13-21)17-14-22(25)27(32)30-28-15-5-4-9-26(28)35-24-8-3-2-7-23(24)28/h3-5,8-13,15,22-26H,2,6-7,14,16-19H2,1H3,(H,30,32). The summed E-state index contributed by atoms with van der Waals surface area (Å²) >= 11 is 0. The Morgan fingerprint density at radius 3 is 2.91 bits per heavy atom. The van der Waals surface area contributed by atoms with Gasteiger partial charge in [-0.2, -0.15) is 0 Å². The minimum atomic E-state index is -0.492. The molecule has 1 aromatic carbocycles. The Hall–Kier alpha value is -2.48. The third-order valence-corrected chi connectivity index (χ3v) is 7.85. The van der Waals surface area contributed by atoms with Crippen LogP contribution in [0.4, 0.5) is 4.39 Å². The molecule has 2 saturated heterocycles. The number of amides is 1. The fourth-order valence-electron chi connectivity index (χ4n) is 5.99. The number of likely N-dealkylation sites (tertiary alicyclic amines) is 1. The number of hydrogen-bond acceptors (Lipinski definition) is 5. The van der Waals surface area contributed by atoms with Crippen LogP contribution in [0.15, 0.2) is 60.7 Å². The van der Waals surface area contributed by atoms with Crippen LogP contribution in [-0.2, 0) is 14.3 Å². The van der Waals surface area contributed by atoms with Gasteiger partial charge in [-0.05, 0) is 56.5 Å². The maximum Gasteiger partial charge on any atom is 0.226 e. The van der Waals surface area contributed by atoms with E-state index < -0.39 is 5.54 Å². The molecule has 0 saturated carbocycles. The Morgan fingerprint density at radius 2 is 2.09 bits per heavy atom. The summed E-state index contributed by atoms with van der Waals surface area (Å²) < 4.78 is 30.9. The largest absolute Gasteiger partial charge is 0.494 e. The summed E-state index contributed by atoms with van der Waals surface area (Å²) in [6.07, 6.45) is 15.9. The van der Waals surface area contributed by atoms with Crippen molar-refractivity contribution >= 4 is 5.91 Å². The lowest BCUT2D eigenvalue weighted by atomic mass is 9.72. The molecule has 0 spiro atoms. The Morgan fingerprint density at radius 1 is 1.23 bits per heavy atom. The maximum absolute atomic E-state index is 13.6. The van der Waals surface area contributed by atoms with Crippen LogP contribution in [0, 0.1) is 17.7 Å². The topological polar surface area (TPSA) is 60.0 Å². The molecule has 5 rings (SSSR count). The average Bonchev–Trinajstić information content (AvgIpc) is 3.21. The number of carbonyl (C=O) groups is 1. The smallest absolute Gasteiger partial charge is 0.226 e. The molecule has 1 N–H and O–H groups in total. The van der Waals surface area contributed by atoms with Gasteiger partial charge in [0.1, 0.15) is 17.7 Å². The SMILES string of the molecule is COC1CN(CCCOc2ccc(F)cc2)CCC1C(=O)NC12C=CC=CC1OC1C=CCCC12. The molecule has 2 fully saturated rings. The van der Waals surface area contributed by atoms with Gasteiger partial charge in [0, 0.05) is 26.1 Å². The van der Waals surface area contributed by atoms with Crippen LogP contribution in [0.25, 0.3) is 0 Å². The highest BCUT2D eigenvalue weighted by Gasteiger charge is 2.55. The van der Waals surface area contributed by atoms with Crippen molar-refractivity contribution in [2.24, 2.45) is 11.8 Å². The van der Waals surface area contributed by atoms with E-state index in [0.29, 0.717) is 18.9 Å². The number of hydrogen-bond donors (Lipinski definition) is 1. The lowest BCUT2D eigenvalue weighted by Gasteiger charge is -2.42. The van der Waals surface area contributed by atoms with E-state index in [9.17, 15) is 9.18 Å². The summed E-state index contributed by atoms with van der Waals surface area (Å²) in [6, 6.07) is 6.09. The third kappa shape index (κ3) is 5.08. The van der Waals surface area contributed by atoms with Crippen LogP contribution in [0.5, 0.6) is 5.75 Å². The molecule has 35 heavy (non-hydrogen) atoms. The van der Waals surface area contributed by atoms with Gasteiger partial charge in [0.05, 0.1) is 30.3 Å². The van der Waals surface area contributed by atoms with E-state index in [4.69, 9.17) is 14.2 Å². The van der Waals surface area contributed by atoms with Gasteiger partial charge in [-0.25, -0.2) is 4.39 Å². The van der Waals surface area contributed by atoms with Gasteiger partial charge >= 0.3 is 0 Å². The van der Waals surface area contributed by atoms with Crippen molar-refractivity contribution < 1.29 is 23.4 Å². The fourth-order valence-corrected chi connectivity index (χ4v) is 5.99. The Kier molecular flexibility index (Phi) is 7.37. The zero-order chi connectivity index (χ0) is 24.3. The monoisotopic (exact) mass is 482 g/mol. The first-order valence-corrected chi connectivity index (χ1v) is 12.7.